The quantitative estimate of drug-likeness (QED) is 0.536. The summed E-state index contributed by atoms with van der Waals surface area (Å²) in [5.74, 6) is 0. The fourth-order valence-corrected chi connectivity index (χ4v) is 2.93. The van der Waals surface area contributed by atoms with Gasteiger partial charge in [-0.25, -0.2) is 0 Å². The molecular weight excluding hydrogens is 212 g/mol. The zero-order chi connectivity index (χ0) is 12.1. The van der Waals surface area contributed by atoms with Crippen LogP contribution in [0.4, 0.5) is 0 Å². The maximum absolute atomic E-state index is 5.60. The summed E-state index contributed by atoms with van der Waals surface area (Å²) < 4.78 is 5.60. The molecule has 2 aliphatic rings. The monoisotopic (exact) mass is 238 g/mol. The van der Waals surface area contributed by atoms with Gasteiger partial charge in [-0.15, -0.1) is 0 Å². The van der Waals surface area contributed by atoms with Crippen LogP contribution in [0, 0.1) is 0 Å². The Bertz CT molecular complexity index is 255. The lowest BCUT2D eigenvalue weighted by atomic mass is 10.2. The van der Waals surface area contributed by atoms with Gasteiger partial charge in [0.1, 0.15) is 0 Å². The summed E-state index contributed by atoms with van der Waals surface area (Å²) in [7, 11) is 0. The number of fused-ring (bicyclic) bond motifs is 1. The van der Waals surface area contributed by atoms with E-state index in [0.29, 0.717) is 6.61 Å². The Morgan fingerprint density at radius 2 is 2.12 bits per heavy atom. The Morgan fingerprint density at radius 3 is 2.94 bits per heavy atom. The van der Waals surface area contributed by atoms with Gasteiger partial charge >= 0.3 is 0 Å². The van der Waals surface area contributed by atoms with Gasteiger partial charge in [-0.2, -0.15) is 0 Å². The van der Waals surface area contributed by atoms with Crippen LogP contribution in [-0.2, 0) is 4.74 Å². The van der Waals surface area contributed by atoms with E-state index in [0.717, 1.165) is 24.8 Å². The standard InChI is InChI=1S/C14H26N2O/c1-13(2)12-17-10-9-15-6-4-8-16-7-3-5-14(16)11-15/h14H,1,3-12H2,2H3. The molecule has 0 aromatic rings. The first kappa shape index (κ1) is 13.1. The Hall–Kier alpha value is -0.380. The Kier molecular flexibility index (Phi) is 5.01. The van der Waals surface area contributed by atoms with Crippen molar-refractivity contribution < 1.29 is 4.74 Å². The van der Waals surface area contributed by atoms with Gasteiger partial charge < -0.3 is 4.74 Å². The molecule has 3 nitrogen and oxygen atoms in total. The lowest BCUT2D eigenvalue weighted by Crippen LogP contribution is -2.38. The summed E-state index contributed by atoms with van der Waals surface area (Å²) in [4.78, 5) is 5.25. The minimum Gasteiger partial charge on any atom is -0.376 e. The van der Waals surface area contributed by atoms with Crippen LogP contribution in [0.15, 0.2) is 12.2 Å². The SMILES string of the molecule is C=C(C)COCCN1CCCN2CCCC2C1. The van der Waals surface area contributed by atoms with E-state index in [1.165, 1.54) is 45.4 Å². The molecule has 17 heavy (non-hydrogen) atoms. The van der Waals surface area contributed by atoms with E-state index >= 15 is 0 Å². The minimum absolute atomic E-state index is 0.712. The molecule has 0 radical (unpaired) electrons. The molecule has 0 saturated carbocycles. The van der Waals surface area contributed by atoms with Gasteiger partial charge in [-0.1, -0.05) is 12.2 Å². The van der Waals surface area contributed by atoms with E-state index in [2.05, 4.69) is 16.4 Å². The summed E-state index contributed by atoms with van der Waals surface area (Å²) in [6.07, 6.45) is 4.10. The van der Waals surface area contributed by atoms with Crippen molar-refractivity contribution in [2.45, 2.75) is 32.2 Å². The number of nitrogens with zero attached hydrogens (tertiary/aromatic N) is 2. The predicted octanol–water partition coefficient (Wildman–Crippen LogP) is 1.75. The lowest BCUT2D eigenvalue weighted by molar-refractivity contribution is 0.115. The van der Waals surface area contributed by atoms with Crippen molar-refractivity contribution in [1.29, 1.82) is 0 Å². The summed E-state index contributed by atoms with van der Waals surface area (Å²) in [5.41, 5.74) is 1.11. The predicted molar refractivity (Wildman–Crippen MR) is 71.3 cm³/mol. The van der Waals surface area contributed by atoms with Crippen LogP contribution in [0.5, 0.6) is 0 Å². The molecule has 3 heteroatoms. The molecule has 1 atom stereocenters. The highest BCUT2D eigenvalue weighted by molar-refractivity contribution is 4.87. The molecule has 98 valence electrons. The number of hydrogen-bond acceptors (Lipinski definition) is 3. The molecule has 2 rings (SSSR count). The van der Waals surface area contributed by atoms with Crippen molar-refractivity contribution in [3.8, 4) is 0 Å². The van der Waals surface area contributed by atoms with Crippen LogP contribution in [-0.4, -0.2) is 61.8 Å². The molecule has 0 aromatic heterocycles. The Labute approximate surface area is 105 Å². The smallest absolute Gasteiger partial charge is 0.0672 e. The topological polar surface area (TPSA) is 15.7 Å². The largest absolute Gasteiger partial charge is 0.376 e. The summed E-state index contributed by atoms with van der Waals surface area (Å²) in [6, 6.07) is 0.818. The average molecular weight is 238 g/mol. The summed E-state index contributed by atoms with van der Waals surface area (Å²) in [5, 5.41) is 0. The van der Waals surface area contributed by atoms with E-state index in [-0.39, 0.29) is 0 Å². The van der Waals surface area contributed by atoms with Crippen molar-refractivity contribution in [2.24, 2.45) is 0 Å². The van der Waals surface area contributed by atoms with Gasteiger partial charge in [-0.3, -0.25) is 9.80 Å². The second-order valence-electron chi connectivity index (χ2n) is 5.50. The molecule has 0 aliphatic carbocycles. The number of ether oxygens (including phenoxy) is 1. The van der Waals surface area contributed by atoms with Gasteiger partial charge in [0.15, 0.2) is 0 Å². The van der Waals surface area contributed by atoms with E-state index < -0.39 is 0 Å². The molecule has 0 spiro atoms. The Morgan fingerprint density at radius 1 is 1.29 bits per heavy atom. The zero-order valence-corrected chi connectivity index (χ0v) is 11.2. The lowest BCUT2D eigenvalue weighted by Gasteiger charge is -2.25. The fraction of sp³-hybridized carbons (Fsp3) is 0.857. The first-order valence-corrected chi connectivity index (χ1v) is 6.94. The van der Waals surface area contributed by atoms with Crippen molar-refractivity contribution in [3.05, 3.63) is 12.2 Å². The first-order chi connectivity index (χ1) is 8.25. The van der Waals surface area contributed by atoms with E-state index in [4.69, 9.17) is 4.74 Å². The highest BCUT2D eigenvalue weighted by Gasteiger charge is 2.28. The van der Waals surface area contributed by atoms with E-state index in [1.807, 2.05) is 6.92 Å². The van der Waals surface area contributed by atoms with Gasteiger partial charge in [-0.05, 0) is 45.8 Å². The second kappa shape index (κ2) is 6.53. The number of hydrogen-bond donors (Lipinski definition) is 0. The van der Waals surface area contributed by atoms with Crippen molar-refractivity contribution in [3.63, 3.8) is 0 Å². The molecule has 0 bridgehead atoms. The fourth-order valence-electron chi connectivity index (χ4n) is 2.93. The molecular formula is C14H26N2O. The molecule has 0 amide bonds. The first-order valence-electron chi connectivity index (χ1n) is 6.94. The van der Waals surface area contributed by atoms with Gasteiger partial charge in [0, 0.05) is 19.1 Å². The normalized spacial score (nSPS) is 26.8. The third kappa shape index (κ3) is 4.09. The Balaban J connectivity index is 1.68. The van der Waals surface area contributed by atoms with Gasteiger partial charge in [0.05, 0.1) is 13.2 Å². The molecule has 2 aliphatic heterocycles. The van der Waals surface area contributed by atoms with Crippen LogP contribution in [0.3, 0.4) is 0 Å². The van der Waals surface area contributed by atoms with Crippen molar-refractivity contribution in [1.82, 2.24) is 9.80 Å². The van der Waals surface area contributed by atoms with Gasteiger partial charge in [0.2, 0.25) is 0 Å². The molecule has 2 saturated heterocycles. The maximum Gasteiger partial charge on any atom is 0.0672 e. The molecule has 2 heterocycles. The van der Waals surface area contributed by atoms with Crippen LogP contribution in [0.1, 0.15) is 26.2 Å². The molecule has 0 N–H and O–H groups in total. The van der Waals surface area contributed by atoms with E-state index in [9.17, 15) is 0 Å². The molecule has 0 aromatic carbocycles. The maximum atomic E-state index is 5.60. The van der Waals surface area contributed by atoms with Crippen LogP contribution in [0.2, 0.25) is 0 Å². The van der Waals surface area contributed by atoms with Crippen LogP contribution < -0.4 is 0 Å². The van der Waals surface area contributed by atoms with Gasteiger partial charge in [0.25, 0.3) is 0 Å². The highest BCUT2D eigenvalue weighted by Crippen LogP contribution is 2.20. The van der Waals surface area contributed by atoms with Crippen LogP contribution >= 0.6 is 0 Å². The molecule has 2 fully saturated rings. The molecule has 1 unspecified atom stereocenters. The van der Waals surface area contributed by atoms with Crippen LogP contribution in [0.25, 0.3) is 0 Å². The second-order valence-corrected chi connectivity index (χ2v) is 5.50. The zero-order valence-electron chi connectivity index (χ0n) is 11.2. The summed E-state index contributed by atoms with van der Waals surface area (Å²) >= 11 is 0. The van der Waals surface area contributed by atoms with Crippen molar-refractivity contribution in [2.75, 3.05) is 45.9 Å². The number of rotatable bonds is 5. The summed E-state index contributed by atoms with van der Waals surface area (Å²) in [6.45, 7) is 13.6. The minimum atomic E-state index is 0.712. The highest BCUT2D eigenvalue weighted by atomic mass is 16.5. The third-order valence-corrected chi connectivity index (χ3v) is 3.79. The third-order valence-electron chi connectivity index (χ3n) is 3.79. The average Bonchev–Trinajstić information content (AvgIpc) is 2.63. The van der Waals surface area contributed by atoms with Crippen molar-refractivity contribution >= 4 is 0 Å². The van der Waals surface area contributed by atoms with E-state index in [1.54, 1.807) is 0 Å².